The van der Waals surface area contributed by atoms with Crippen molar-refractivity contribution in [1.29, 1.82) is 0 Å². The Kier molecular flexibility index (Phi) is 4.32. The zero-order chi connectivity index (χ0) is 18.1. The molecule has 2 aromatic heterocycles. The van der Waals surface area contributed by atoms with Gasteiger partial charge < -0.3 is 9.84 Å². The third-order valence-corrected chi connectivity index (χ3v) is 4.40. The molecule has 1 N–H and O–H groups in total. The minimum Gasteiger partial charge on any atom is -0.363 e. The summed E-state index contributed by atoms with van der Waals surface area (Å²) in [6, 6.07) is 15.8. The predicted octanol–water partition coefficient (Wildman–Crippen LogP) is 5.45. The summed E-state index contributed by atoms with van der Waals surface area (Å²) >= 11 is 12.3. The predicted molar refractivity (Wildman–Crippen MR) is 102 cm³/mol. The molecule has 0 saturated heterocycles. The van der Waals surface area contributed by atoms with Crippen LogP contribution in [0.3, 0.4) is 0 Å². The quantitative estimate of drug-likeness (QED) is 0.510. The first kappa shape index (κ1) is 16.6. The Morgan fingerprint density at radius 1 is 1.04 bits per heavy atom. The lowest BCUT2D eigenvalue weighted by atomic mass is 10.0. The first-order valence-electron chi connectivity index (χ1n) is 7.69. The average Bonchev–Trinajstić information content (AvgIpc) is 3.13. The molecule has 0 spiro atoms. The van der Waals surface area contributed by atoms with E-state index < -0.39 is 0 Å². The molecule has 2 heterocycles. The maximum Gasteiger partial charge on any atom is 0.257 e. The number of benzene rings is 2. The van der Waals surface area contributed by atoms with Gasteiger partial charge in [0.25, 0.3) is 5.91 Å². The molecular formula is C19H11Cl2N3O2. The van der Waals surface area contributed by atoms with Crippen molar-refractivity contribution in [2.24, 2.45) is 0 Å². The Morgan fingerprint density at radius 2 is 1.88 bits per heavy atom. The molecule has 1 amide bonds. The number of nitrogens with zero attached hydrogens (tertiary/aromatic N) is 2. The van der Waals surface area contributed by atoms with E-state index in [-0.39, 0.29) is 5.91 Å². The topological polar surface area (TPSA) is 68.0 Å². The van der Waals surface area contributed by atoms with Crippen molar-refractivity contribution >= 4 is 45.8 Å². The molecule has 0 saturated carbocycles. The van der Waals surface area contributed by atoms with Crippen LogP contribution in [0.1, 0.15) is 10.4 Å². The van der Waals surface area contributed by atoms with E-state index in [2.05, 4.69) is 15.5 Å². The van der Waals surface area contributed by atoms with E-state index in [1.807, 2.05) is 24.3 Å². The van der Waals surface area contributed by atoms with Crippen LogP contribution in [0.5, 0.6) is 0 Å². The maximum atomic E-state index is 12.8. The average molecular weight is 384 g/mol. The van der Waals surface area contributed by atoms with Crippen LogP contribution in [0.15, 0.2) is 65.4 Å². The zero-order valence-electron chi connectivity index (χ0n) is 13.2. The van der Waals surface area contributed by atoms with Gasteiger partial charge in [0.05, 0.1) is 21.8 Å². The van der Waals surface area contributed by atoms with Crippen LogP contribution >= 0.6 is 23.2 Å². The number of amides is 1. The standard InChI is InChI=1S/C19H11Cl2N3O2/c20-11-5-6-13(15(21)9-11)17-10-14(12-3-1-2-4-16(12)22-17)19(25)23-18-7-8-26-24-18/h1-10H,(H,23,24,25). The molecule has 0 aliphatic heterocycles. The lowest BCUT2D eigenvalue weighted by Gasteiger charge is -2.10. The number of carbonyl (C=O) groups is 1. The Hall–Kier alpha value is -2.89. The number of hydrogen-bond acceptors (Lipinski definition) is 4. The fourth-order valence-corrected chi connectivity index (χ4v) is 3.16. The summed E-state index contributed by atoms with van der Waals surface area (Å²) in [6.07, 6.45) is 1.39. The van der Waals surface area contributed by atoms with Gasteiger partial charge in [-0.2, -0.15) is 0 Å². The molecular weight excluding hydrogens is 373 g/mol. The monoisotopic (exact) mass is 383 g/mol. The molecule has 26 heavy (non-hydrogen) atoms. The van der Waals surface area contributed by atoms with Gasteiger partial charge in [-0.3, -0.25) is 4.79 Å². The summed E-state index contributed by atoms with van der Waals surface area (Å²) < 4.78 is 4.75. The van der Waals surface area contributed by atoms with Crippen molar-refractivity contribution < 1.29 is 9.32 Å². The second-order valence-electron chi connectivity index (χ2n) is 5.54. The van der Waals surface area contributed by atoms with E-state index in [1.165, 1.54) is 6.26 Å². The number of carbonyl (C=O) groups excluding carboxylic acids is 1. The van der Waals surface area contributed by atoms with E-state index in [9.17, 15) is 4.79 Å². The number of pyridine rings is 1. The van der Waals surface area contributed by atoms with Crippen LogP contribution < -0.4 is 5.32 Å². The minimum atomic E-state index is -0.316. The van der Waals surface area contributed by atoms with E-state index in [1.54, 1.807) is 30.3 Å². The van der Waals surface area contributed by atoms with Gasteiger partial charge in [-0.05, 0) is 30.3 Å². The highest BCUT2D eigenvalue weighted by Crippen LogP contribution is 2.32. The fraction of sp³-hybridized carbons (Fsp3) is 0. The van der Waals surface area contributed by atoms with Crippen LogP contribution in [-0.4, -0.2) is 16.0 Å². The Balaban J connectivity index is 1.87. The first-order valence-corrected chi connectivity index (χ1v) is 8.44. The first-order chi connectivity index (χ1) is 12.6. The molecule has 2 aromatic carbocycles. The van der Waals surface area contributed by atoms with Crippen molar-refractivity contribution in [2.45, 2.75) is 0 Å². The highest BCUT2D eigenvalue weighted by atomic mass is 35.5. The maximum absolute atomic E-state index is 12.8. The van der Waals surface area contributed by atoms with Crippen LogP contribution in [0, 0.1) is 0 Å². The van der Waals surface area contributed by atoms with Crippen LogP contribution in [-0.2, 0) is 0 Å². The second kappa shape index (κ2) is 6.78. The molecule has 0 atom stereocenters. The molecule has 0 bridgehead atoms. The van der Waals surface area contributed by atoms with Gasteiger partial charge in [0.2, 0.25) is 0 Å². The number of para-hydroxylation sites is 1. The molecule has 4 aromatic rings. The number of hydrogen-bond donors (Lipinski definition) is 1. The van der Waals surface area contributed by atoms with Gasteiger partial charge in [-0.1, -0.05) is 46.6 Å². The summed E-state index contributed by atoms with van der Waals surface area (Å²) in [5, 5.41) is 8.13. The van der Waals surface area contributed by atoms with Crippen LogP contribution in [0.2, 0.25) is 10.0 Å². The SMILES string of the molecule is O=C(Nc1ccon1)c1cc(-c2ccc(Cl)cc2Cl)nc2ccccc12. The highest BCUT2D eigenvalue weighted by molar-refractivity contribution is 6.36. The van der Waals surface area contributed by atoms with Crippen molar-refractivity contribution in [3.05, 3.63) is 76.5 Å². The molecule has 0 aliphatic carbocycles. The van der Waals surface area contributed by atoms with Crippen molar-refractivity contribution in [3.63, 3.8) is 0 Å². The van der Waals surface area contributed by atoms with Gasteiger partial charge in [0, 0.05) is 22.0 Å². The van der Waals surface area contributed by atoms with Gasteiger partial charge in [0.1, 0.15) is 6.26 Å². The minimum absolute atomic E-state index is 0.316. The summed E-state index contributed by atoms with van der Waals surface area (Å²) in [5.41, 5.74) is 2.41. The molecule has 0 unspecified atom stereocenters. The van der Waals surface area contributed by atoms with E-state index in [0.717, 1.165) is 5.39 Å². The lowest BCUT2D eigenvalue weighted by molar-refractivity contribution is 0.102. The molecule has 7 heteroatoms. The zero-order valence-corrected chi connectivity index (χ0v) is 14.8. The van der Waals surface area contributed by atoms with Crippen molar-refractivity contribution in [3.8, 4) is 11.3 Å². The summed E-state index contributed by atoms with van der Waals surface area (Å²) in [7, 11) is 0. The fourth-order valence-electron chi connectivity index (χ4n) is 2.66. The number of aromatic nitrogens is 2. The number of anilines is 1. The Morgan fingerprint density at radius 3 is 2.65 bits per heavy atom. The lowest BCUT2D eigenvalue weighted by Crippen LogP contribution is -2.13. The molecule has 4 rings (SSSR count). The van der Waals surface area contributed by atoms with Gasteiger partial charge >= 0.3 is 0 Å². The highest BCUT2D eigenvalue weighted by Gasteiger charge is 2.16. The third kappa shape index (κ3) is 3.14. The van der Waals surface area contributed by atoms with Gasteiger partial charge in [0.15, 0.2) is 5.82 Å². The largest absolute Gasteiger partial charge is 0.363 e. The van der Waals surface area contributed by atoms with Crippen molar-refractivity contribution in [2.75, 3.05) is 5.32 Å². The van der Waals surface area contributed by atoms with E-state index in [0.29, 0.717) is 38.2 Å². The number of rotatable bonds is 3. The third-order valence-electron chi connectivity index (χ3n) is 3.85. The Bertz CT molecular complexity index is 1110. The van der Waals surface area contributed by atoms with Crippen LogP contribution in [0.4, 0.5) is 5.82 Å². The summed E-state index contributed by atoms with van der Waals surface area (Å²) in [5.74, 6) is 0.0193. The van der Waals surface area contributed by atoms with Gasteiger partial charge in [-0.25, -0.2) is 4.98 Å². The molecule has 0 aliphatic rings. The molecule has 0 radical (unpaired) electrons. The van der Waals surface area contributed by atoms with E-state index in [4.69, 9.17) is 27.7 Å². The number of fused-ring (bicyclic) bond motifs is 1. The van der Waals surface area contributed by atoms with Crippen LogP contribution in [0.25, 0.3) is 22.2 Å². The van der Waals surface area contributed by atoms with E-state index >= 15 is 0 Å². The number of halogens is 2. The summed E-state index contributed by atoms with van der Waals surface area (Å²) in [4.78, 5) is 17.4. The van der Waals surface area contributed by atoms with Gasteiger partial charge in [-0.15, -0.1) is 0 Å². The number of nitrogens with one attached hydrogen (secondary N) is 1. The smallest absolute Gasteiger partial charge is 0.257 e. The normalized spacial score (nSPS) is 10.8. The Labute approximate surface area is 158 Å². The molecule has 0 fully saturated rings. The van der Waals surface area contributed by atoms with Crippen molar-refractivity contribution in [1.82, 2.24) is 10.1 Å². The summed E-state index contributed by atoms with van der Waals surface area (Å²) in [6.45, 7) is 0. The molecule has 128 valence electrons. The second-order valence-corrected chi connectivity index (χ2v) is 6.38. The molecule has 5 nitrogen and oxygen atoms in total.